The molecule has 1 fully saturated rings. The van der Waals surface area contributed by atoms with E-state index < -0.39 is 0 Å². The lowest BCUT2D eigenvalue weighted by atomic mass is 9.97. The van der Waals surface area contributed by atoms with E-state index in [-0.39, 0.29) is 11.9 Å². The van der Waals surface area contributed by atoms with E-state index in [1.54, 1.807) is 11.3 Å². The largest absolute Gasteiger partial charge is 0.466 e. The van der Waals surface area contributed by atoms with Crippen molar-refractivity contribution in [2.45, 2.75) is 19.8 Å². The highest BCUT2D eigenvalue weighted by molar-refractivity contribution is 7.13. The van der Waals surface area contributed by atoms with Crippen LogP contribution in [-0.4, -0.2) is 35.6 Å². The molecule has 1 aliphatic heterocycles. The van der Waals surface area contributed by atoms with Gasteiger partial charge in [0.25, 0.3) is 0 Å². The zero-order valence-corrected chi connectivity index (χ0v) is 15.5. The highest BCUT2D eigenvalue weighted by Gasteiger charge is 2.27. The Kier molecular flexibility index (Phi) is 4.84. The van der Waals surface area contributed by atoms with E-state index in [0.717, 1.165) is 53.4 Å². The van der Waals surface area contributed by atoms with Gasteiger partial charge in [-0.15, -0.1) is 11.3 Å². The fourth-order valence-corrected chi connectivity index (χ4v) is 4.06. The molecule has 0 unspecified atom stereocenters. The number of hydrogen-bond acceptors (Lipinski definition) is 6. The van der Waals surface area contributed by atoms with Gasteiger partial charge < -0.3 is 9.64 Å². The van der Waals surface area contributed by atoms with Crippen molar-refractivity contribution in [3.05, 3.63) is 41.8 Å². The van der Waals surface area contributed by atoms with Crippen molar-refractivity contribution in [3.63, 3.8) is 0 Å². The van der Waals surface area contributed by atoms with E-state index in [1.165, 1.54) is 0 Å². The molecule has 2 aromatic heterocycles. The third-order valence-corrected chi connectivity index (χ3v) is 5.60. The van der Waals surface area contributed by atoms with Crippen LogP contribution in [0.3, 0.4) is 0 Å². The number of carbonyl (C=O) groups excluding carboxylic acids is 1. The SMILES string of the molecule is CCOC(=O)C1CCN(c2nc(-c3cccs3)nc3ccccc23)CC1. The Labute approximate surface area is 156 Å². The summed E-state index contributed by atoms with van der Waals surface area (Å²) < 4.78 is 5.18. The zero-order valence-electron chi connectivity index (χ0n) is 14.7. The van der Waals surface area contributed by atoms with Gasteiger partial charge in [0.05, 0.1) is 22.9 Å². The summed E-state index contributed by atoms with van der Waals surface area (Å²) in [6.07, 6.45) is 1.59. The molecule has 3 aromatic rings. The van der Waals surface area contributed by atoms with E-state index >= 15 is 0 Å². The van der Waals surface area contributed by atoms with Gasteiger partial charge in [-0.3, -0.25) is 4.79 Å². The second-order valence-electron chi connectivity index (χ2n) is 6.38. The number of fused-ring (bicyclic) bond motifs is 1. The maximum atomic E-state index is 12.0. The number of carbonyl (C=O) groups is 1. The molecule has 6 heteroatoms. The fraction of sp³-hybridized carbons (Fsp3) is 0.350. The molecule has 0 bridgehead atoms. The Morgan fingerprint density at radius 3 is 2.73 bits per heavy atom. The van der Waals surface area contributed by atoms with Gasteiger partial charge in [0.1, 0.15) is 5.82 Å². The van der Waals surface area contributed by atoms with Crippen LogP contribution in [0, 0.1) is 5.92 Å². The van der Waals surface area contributed by atoms with Gasteiger partial charge in [-0.25, -0.2) is 9.97 Å². The summed E-state index contributed by atoms with van der Waals surface area (Å²) in [5.74, 6) is 1.65. The normalized spacial score (nSPS) is 15.3. The molecule has 0 N–H and O–H groups in total. The number of para-hydroxylation sites is 1. The third-order valence-electron chi connectivity index (χ3n) is 4.74. The Bertz CT molecular complexity index is 903. The number of thiophene rings is 1. The third kappa shape index (κ3) is 3.29. The number of hydrogen-bond donors (Lipinski definition) is 0. The van der Waals surface area contributed by atoms with Crippen LogP contribution in [-0.2, 0) is 9.53 Å². The number of rotatable bonds is 4. The van der Waals surface area contributed by atoms with Gasteiger partial charge in [0.15, 0.2) is 5.82 Å². The molecular weight excluding hydrogens is 346 g/mol. The molecule has 5 nitrogen and oxygen atoms in total. The number of aromatic nitrogens is 2. The van der Waals surface area contributed by atoms with Crippen LogP contribution in [0.2, 0.25) is 0 Å². The minimum atomic E-state index is -0.0704. The lowest BCUT2D eigenvalue weighted by Gasteiger charge is -2.32. The summed E-state index contributed by atoms with van der Waals surface area (Å²) in [6, 6.07) is 12.2. The van der Waals surface area contributed by atoms with Gasteiger partial charge in [-0.2, -0.15) is 0 Å². The molecule has 1 aromatic carbocycles. The summed E-state index contributed by atoms with van der Waals surface area (Å²) in [5, 5.41) is 3.10. The summed E-state index contributed by atoms with van der Waals surface area (Å²) in [5.41, 5.74) is 0.952. The minimum absolute atomic E-state index is 0.00364. The van der Waals surface area contributed by atoms with Crippen molar-refractivity contribution in [2.75, 3.05) is 24.6 Å². The summed E-state index contributed by atoms with van der Waals surface area (Å²) in [4.78, 5) is 25.0. The highest BCUT2D eigenvalue weighted by Crippen LogP contribution is 2.31. The smallest absolute Gasteiger partial charge is 0.309 e. The topological polar surface area (TPSA) is 55.3 Å². The quantitative estimate of drug-likeness (QED) is 0.649. The molecule has 0 atom stereocenters. The number of anilines is 1. The van der Waals surface area contributed by atoms with Gasteiger partial charge in [-0.1, -0.05) is 18.2 Å². The Hall–Kier alpha value is -2.47. The zero-order chi connectivity index (χ0) is 17.9. The Morgan fingerprint density at radius 1 is 1.19 bits per heavy atom. The molecular formula is C20H21N3O2S. The number of benzene rings is 1. The molecule has 0 radical (unpaired) electrons. The van der Waals surface area contributed by atoms with Crippen LogP contribution in [0.15, 0.2) is 41.8 Å². The highest BCUT2D eigenvalue weighted by atomic mass is 32.1. The first-order valence-electron chi connectivity index (χ1n) is 8.98. The van der Waals surface area contributed by atoms with Crippen LogP contribution < -0.4 is 4.90 Å². The standard InChI is InChI=1S/C20H21N3O2S/c1-2-25-20(24)14-9-11-23(12-10-14)19-15-6-3-4-7-16(15)21-18(22-19)17-8-5-13-26-17/h3-8,13-14H,2,9-12H2,1H3. The van der Waals surface area contributed by atoms with Crippen LogP contribution >= 0.6 is 11.3 Å². The molecule has 0 amide bonds. The lowest BCUT2D eigenvalue weighted by Crippen LogP contribution is -2.37. The predicted octanol–water partition coefficient (Wildman–Crippen LogP) is 4.14. The van der Waals surface area contributed by atoms with Crippen molar-refractivity contribution in [3.8, 4) is 10.7 Å². The van der Waals surface area contributed by atoms with E-state index in [9.17, 15) is 4.79 Å². The molecule has 1 aliphatic rings. The summed E-state index contributed by atoms with van der Waals surface area (Å²) >= 11 is 1.64. The fourth-order valence-electron chi connectivity index (χ4n) is 3.40. The maximum absolute atomic E-state index is 12.0. The van der Waals surface area contributed by atoms with Crippen LogP contribution in [0.25, 0.3) is 21.6 Å². The van der Waals surface area contributed by atoms with Gasteiger partial charge in [0, 0.05) is 18.5 Å². The van der Waals surface area contributed by atoms with E-state index in [2.05, 4.69) is 11.0 Å². The van der Waals surface area contributed by atoms with Gasteiger partial charge >= 0.3 is 5.97 Å². The number of nitrogens with zero attached hydrogens (tertiary/aromatic N) is 3. The van der Waals surface area contributed by atoms with Crippen molar-refractivity contribution in [1.82, 2.24) is 9.97 Å². The first-order chi connectivity index (χ1) is 12.8. The molecule has 4 rings (SSSR count). The first-order valence-corrected chi connectivity index (χ1v) is 9.86. The van der Waals surface area contributed by atoms with E-state index in [0.29, 0.717) is 6.61 Å². The van der Waals surface area contributed by atoms with Gasteiger partial charge in [-0.05, 0) is 43.3 Å². The van der Waals surface area contributed by atoms with Crippen molar-refractivity contribution in [1.29, 1.82) is 0 Å². The minimum Gasteiger partial charge on any atom is -0.466 e. The first kappa shape index (κ1) is 17.0. The average molecular weight is 367 g/mol. The van der Waals surface area contributed by atoms with Crippen molar-refractivity contribution >= 4 is 34.0 Å². The van der Waals surface area contributed by atoms with E-state index in [4.69, 9.17) is 14.7 Å². The lowest BCUT2D eigenvalue weighted by molar-refractivity contribution is -0.148. The second kappa shape index (κ2) is 7.41. The Morgan fingerprint density at radius 2 is 2.00 bits per heavy atom. The Balaban J connectivity index is 1.65. The average Bonchev–Trinajstić information content (AvgIpc) is 3.22. The number of esters is 1. The molecule has 26 heavy (non-hydrogen) atoms. The van der Waals surface area contributed by atoms with E-state index in [1.807, 2.05) is 42.6 Å². The predicted molar refractivity (Wildman–Crippen MR) is 104 cm³/mol. The molecule has 0 aliphatic carbocycles. The monoisotopic (exact) mass is 367 g/mol. The second-order valence-corrected chi connectivity index (χ2v) is 7.33. The van der Waals surface area contributed by atoms with Crippen LogP contribution in [0.4, 0.5) is 5.82 Å². The number of piperidine rings is 1. The maximum Gasteiger partial charge on any atom is 0.309 e. The molecule has 1 saturated heterocycles. The molecule has 134 valence electrons. The van der Waals surface area contributed by atoms with Crippen LogP contribution in [0.5, 0.6) is 0 Å². The van der Waals surface area contributed by atoms with Crippen molar-refractivity contribution in [2.24, 2.45) is 5.92 Å². The number of ether oxygens (including phenoxy) is 1. The summed E-state index contributed by atoms with van der Waals surface area (Å²) in [7, 11) is 0. The summed E-state index contributed by atoms with van der Waals surface area (Å²) in [6.45, 7) is 3.90. The molecule has 0 saturated carbocycles. The molecule has 0 spiro atoms. The van der Waals surface area contributed by atoms with Crippen LogP contribution in [0.1, 0.15) is 19.8 Å². The molecule has 3 heterocycles. The van der Waals surface area contributed by atoms with Gasteiger partial charge in [0.2, 0.25) is 0 Å². The van der Waals surface area contributed by atoms with Crippen molar-refractivity contribution < 1.29 is 9.53 Å².